The van der Waals surface area contributed by atoms with Crippen molar-refractivity contribution in [1.82, 2.24) is 14.5 Å². The molecule has 2 aromatic heterocycles. The van der Waals surface area contributed by atoms with Crippen molar-refractivity contribution in [1.29, 1.82) is 0 Å². The number of aromatic nitrogens is 3. The van der Waals surface area contributed by atoms with Crippen molar-refractivity contribution in [3.63, 3.8) is 0 Å². The lowest BCUT2D eigenvalue weighted by atomic mass is 10.1. The van der Waals surface area contributed by atoms with Crippen molar-refractivity contribution < 1.29 is 14.6 Å². The maximum absolute atomic E-state index is 9.65. The van der Waals surface area contributed by atoms with E-state index in [1.165, 1.54) is 6.33 Å². The Balaban J connectivity index is 1.85. The predicted molar refractivity (Wildman–Crippen MR) is 92.7 cm³/mol. The zero-order valence-corrected chi connectivity index (χ0v) is 14.9. The number of aliphatic hydroxyl groups excluding tert-OH is 1. The van der Waals surface area contributed by atoms with E-state index in [9.17, 15) is 5.11 Å². The minimum Gasteiger partial charge on any atom is -0.392 e. The van der Waals surface area contributed by atoms with Gasteiger partial charge in [-0.25, -0.2) is 9.97 Å². The van der Waals surface area contributed by atoms with Crippen molar-refractivity contribution in [3.05, 3.63) is 27.7 Å². The maximum atomic E-state index is 9.65. The topological polar surface area (TPSA) is 95.4 Å². The number of rotatable bonds is 2. The molecule has 0 saturated carbocycles. The Morgan fingerprint density at radius 1 is 1.39 bits per heavy atom. The van der Waals surface area contributed by atoms with Crippen molar-refractivity contribution in [2.75, 3.05) is 12.3 Å². The van der Waals surface area contributed by atoms with Crippen LogP contribution in [0.4, 0.5) is 5.82 Å². The predicted octanol–water partition coefficient (Wildman–Crippen LogP) is 1.61. The lowest BCUT2D eigenvalue weighted by Gasteiger charge is -2.22. The van der Waals surface area contributed by atoms with E-state index < -0.39 is 5.79 Å². The fraction of sp³-hybridized carbons (Fsp3) is 0.467. The molecule has 0 radical (unpaired) electrons. The number of ether oxygens (including phenoxy) is 2. The normalized spacial score (nSPS) is 29.0. The van der Waals surface area contributed by atoms with E-state index in [-0.39, 0.29) is 24.9 Å². The van der Waals surface area contributed by atoms with Crippen LogP contribution in [0.15, 0.2) is 24.2 Å². The first-order valence-corrected chi connectivity index (χ1v) is 8.43. The highest BCUT2D eigenvalue weighted by atomic mass is 127. The standard InChI is InChI=1S/C15H17IN4O3/c1-15(2)22-11-7(5-21)3-9(12(11)23-15)20-4-8(16)10-13(17)18-6-19-14(10)20/h3-4,6,9,11-12,21H,5H2,1-2H3,(H2,17,18,19)/t9-,11-,12+/m1/s1. The number of hydrogen-bond donors (Lipinski definition) is 2. The van der Waals surface area contributed by atoms with Crippen LogP contribution in [0, 0.1) is 3.57 Å². The third-order valence-corrected chi connectivity index (χ3v) is 5.13. The Morgan fingerprint density at radius 3 is 2.91 bits per heavy atom. The van der Waals surface area contributed by atoms with Crippen molar-refractivity contribution in [2.24, 2.45) is 0 Å². The van der Waals surface area contributed by atoms with Crippen LogP contribution in [0.3, 0.4) is 0 Å². The number of fused-ring (bicyclic) bond motifs is 2. The maximum Gasteiger partial charge on any atom is 0.164 e. The van der Waals surface area contributed by atoms with Crippen LogP contribution >= 0.6 is 22.6 Å². The summed E-state index contributed by atoms with van der Waals surface area (Å²) in [7, 11) is 0. The molecule has 122 valence electrons. The highest BCUT2D eigenvalue weighted by Crippen LogP contribution is 2.44. The van der Waals surface area contributed by atoms with Crippen LogP contribution in [0.1, 0.15) is 19.9 Å². The second-order valence-electron chi connectivity index (χ2n) is 6.25. The van der Waals surface area contributed by atoms with Crippen LogP contribution in [-0.2, 0) is 9.47 Å². The Hall–Kier alpha value is -1.23. The molecule has 0 bridgehead atoms. The molecule has 2 aromatic rings. The van der Waals surface area contributed by atoms with Gasteiger partial charge in [0.15, 0.2) is 5.79 Å². The number of nitrogens with two attached hydrogens (primary N) is 1. The summed E-state index contributed by atoms with van der Waals surface area (Å²) in [5, 5.41) is 10.5. The van der Waals surface area contributed by atoms with Gasteiger partial charge in [0.05, 0.1) is 18.0 Å². The van der Waals surface area contributed by atoms with E-state index in [4.69, 9.17) is 15.2 Å². The molecule has 2 aliphatic rings. The van der Waals surface area contributed by atoms with Crippen LogP contribution in [0.5, 0.6) is 0 Å². The molecule has 3 atom stereocenters. The highest BCUT2D eigenvalue weighted by Gasteiger charge is 2.50. The summed E-state index contributed by atoms with van der Waals surface area (Å²) in [4.78, 5) is 8.45. The molecule has 23 heavy (non-hydrogen) atoms. The lowest BCUT2D eigenvalue weighted by Crippen LogP contribution is -2.28. The molecule has 4 rings (SSSR count). The molecule has 1 aliphatic carbocycles. The molecule has 1 aliphatic heterocycles. The van der Waals surface area contributed by atoms with E-state index in [1.54, 1.807) is 0 Å². The van der Waals surface area contributed by atoms with Gasteiger partial charge in [0.1, 0.15) is 30.0 Å². The van der Waals surface area contributed by atoms with Gasteiger partial charge < -0.3 is 24.9 Å². The van der Waals surface area contributed by atoms with Gasteiger partial charge in [0, 0.05) is 9.77 Å². The quantitative estimate of drug-likeness (QED) is 0.558. The van der Waals surface area contributed by atoms with Gasteiger partial charge in [0.2, 0.25) is 0 Å². The molecule has 0 spiro atoms. The minimum absolute atomic E-state index is 0.0511. The van der Waals surface area contributed by atoms with Gasteiger partial charge in [-0.3, -0.25) is 0 Å². The summed E-state index contributed by atoms with van der Waals surface area (Å²) in [5.74, 6) is -0.213. The van der Waals surface area contributed by atoms with Crippen LogP contribution < -0.4 is 5.73 Å². The first-order valence-electron chi connectivity index (χ1n) is 7.35. The third-order valence-electron chi connectivity index (χ3n) is 4.31. The minimum atomic E-state index is -0.674. The van der Waals surface area contributed by atoms with Gasteiger partial charge in [0.25, 0.3) is 0 Å². The van der Waals surface area contributed by atoms with Crippen molar-refractivity contribution in [3.8, 4) is 0 Å². The van der Waals surface area contributed by atoms with Crippen LogP contribution in [0.25, 0.3) is 11.0 Å². The number of anilines is 1. The van der Waals surface area contributed by atoms with E-state index in [0.29, 0.717) is 5.82 Å². The van der Waals surface area contributed by atoms with Gasteiger partial charge in [-0.15, -0.1) is 0 Å². The molecule has 3 N–H and O–H groups in total. The van der Waals surface area contributed by atoms with Crippen LogP contribution in [-0.4, -0.2) is 44.2 Å². The van der Waals surface area contributed by atoms with Gasteiger partial charge >= 0.3 is 0 Å². The lowest BCUT2D eigenvalue weighted by molar-refractivity contribution is -0.148. The molecule has 0 aromatic carbocycles. The van der Waals surface area contributed by atoms with Gasteiger partial charge in [-0.2, -0.15) is 0 Å². The summed E-state index contributed by atoms with van der Waals surface area (Å²) in [6.45, 7) is 3.72. The molecular formula is C15H17IN4O3. The van der Waals surface area contributed by atoms with E-state index in [0.717, 1.165) is 20.2 Å². The molecule has 7 nitrogen and oxygen atoms in total. The number of halogens is 1. The van der Waals surface area contributed by atoms with E-state index in [2.05, 4.69) is 32.6 Å². The zero-order valence-electron chi connectivity index (χ0n) is 12.7. The molecule has 8 heteroatoms. The van der Waals surface area contributed by atoms with Crippen molar-refractivity contribution in [2.45, 2.75) is 37.9 Å². The second kappa shape index (κ2) is 5.13. The number of nitrogen functional groups attached to an aromatic ring is 1. The number of nitrogens with zero attached hydrogens (tertiary/aromatic N) is 3. The molecule has 1 fully saturated rings. The summed E-state index contributed by atoms with van der Waals surface area (Å²) in [5.41, 5.74) is 7.59. The third kappa shape index (κ3) is 2.27. The van der Waals surface area contributed by atoms with E-state index in [1.807, 2.05) is 30.7 Å². The highest BCUT2D eigenvalue weighted by molar-refractivity contribution is 14.1. The number of aliphatic hydroxyl groups is 1. The molecule has 0 amide bonds. The van der Waals surface area contributed by atoms with Crippen LogP contribution in [0.2, 0.25) is 0 Å². The molecule has 3 heterocycles. The van der Waals surface area contributed by atoms with Crippen molar-refractivity contribution >= 4 is 39.4 Å². The monoisotopic (exact) mass is 428 g/mol. The first kappa shape index (κ1) is 15.3. The average molecular weight is 428 g/mol. The SMILES string of the molecule is CC1(C)O[C@@H]2[C@H](O1)C(CO)=C[C@H]2n1cc(I)c2c(N)ncnc21. The summed E-state index contributed by atoms with van der Waals surface area (Å²) in [6.07, 6.45) is 5.01. The van der Waals surface area contributed by atoms with Gasteiger partial charge in [-0.05, 0) is 42.0 Å². The molecule has 0 unspecified atom stereocenters. The summed E-state index contributed by atoms with van der Waals surface area (Å²) >= 11 is 2.23. The zero-order chi connectivity index (χ0) is 16.4. The number of hydrogen-bond acceptors (Lipinski definition) is 6. The summed E-state index contributed by atoms with van der Waals surface area (Å²) in [6, 6.07) is -0.107. The van der Waals surface area contributed by atoms with E-state index >= 15 is 0 Å². The fourth-order valence-electron chi connectivity index (χ4n) is 3.41. The smallest absolute Gasteiger partial charge is 0.164 e. The Bertz CT molecular complexity index is 816. The molecule has 1 saturated heterocycles. The Kier molecular flexibility index (Phi) is 3.42. The summed E-state index contributed by atoms with van der Waals surface area (Å²) < 4.78 is 15.0. The van der Waals surface area contributed by atoms with Gasteiger partial charge in [-0.1, -0.05) is 6.08 Å². The Morgan fingerprint density at radius 2 is 2.17 bits per heavy atom. The largest absolute Gasteiger partial charge is 0.392 e. The Labute approximate surface area is 146 Å². The first-order chi connectivity index (χ1) is 10.9. The second-order valence-corrected chi connectivity index (χ2v) is 7.42. The fourth-order valence-corrected chi connectivity index (χ4v) is 4.22. The molecular weight excluding hydrogens is 411 g/mol. The average Bonchev–Trinajstić information content (AvgIpc) is 3.08.